The number of amides is 1. The van der Waals surface area contributed by atoms with Crippen molar-refractivity contribution in [1.29, 1.82) is 0 Å². The van der Waals surface area contributed by atoms with E-state index in [9.17, 15) is 4.79 Å². The standard InChI is InChI=1S/C20H24N2O/c1-16-7-5-8-17(13-16)14-22-12-6-9-18(15-22)20(23)21-19-10-3-2-4-11-19/h2-5,7-8,10-11,13,18H,6,9,12,14-15H2,1H3,(H,21,23). The molecule has 0 bridgehead atoms. The lowest BCUT2D eigenvalue weighted by molar-refractivity contribution is -0.121. The summed E-state index contributed by atoms with van der Waals surface area (Å²) in [5.74, 6) is 0.221. The highest BCUT2D eigenvalue weighted by Crippen LogP contribution is 2.20. The number of likely N-dealkylation sites (tertiary alicyclic amines) is 1. The molecule has 1 amide bonds. The summed E-state index contributed by atoms with van der Waals surface area (Å²) in [6.07, 6.45) is 2.06. The van der Waals surface area contributed by atoms with Gasteiger partial charge in [-0.05, 0) is 44.0 Å². The van der Waals surface area contributed by atoms with Crippen LogP contribution in [0, 0.1) is 12.8 Å². The minimum atomic E-state index is 0.0776. The fourth-order valence-electron chi connectivity index (χ4n) is 3.25. The molecule has 1 aliphatic heterocycles. The van der Waals surface area contributed by atoms with E-state index in [-0.39, 0.29) is 11.8 Å². The van der Waals surface area contributed by atoms with Gasteiger partial charge in [0.1, 0.15) is 0 Å². The molecule has 1 fully saturated rings. The smallest absolute Gasteiger partial charge is 0.228 e. The summed E-state index contributed by atoms with van der Waals surface area (Å²) in [5, 5.41) is 3.04. The maximum atomic E-state index is 12.5. The molecule has 120 valence electrons. The predicted molar refractivity (Wildman–Crippen MR) is 94.3 cm³/mol. The van der Waals surface area contributed by atoms with E-state index in [1.807, 2.05) is 30.3 Å². The Labute approximate surface area is 138 Å². The quantitative estimate of drug-likeness (QED) is 0.930. The van der Waals surface area contributed by atoms with Gasteiger partial charge in [0.25, 0.3) is 0 Å². The Kier molecular flexibility index (Phi) is 5.09. The molecule has 1 saturated heterocycles. The van der Waals surface area contributed by atoms with Crippen molar-refractivity contribution in [2.45, 2.75) is 26.3 Å². The third-order valence-corrected chi connectivity index (χ3v) is 4.41. The highest BCUT2D eigenvalue weighted by molar-refractivity contribution is 5.92. The number of nitrogens with zero attached hydrogens (tertiary/aromatic N) is 1. The van der Waals surface area contributed by atoms with Crippen LogP contribution in [-0.2, 0) is 11.3 Å². The van der Waals surface area contributed by atoms with Gasteiger partial charge in [-0.15, -0.1) is 0 Å². The molecule has 1 unspecified atom stereocenters. The van der Waals surface area contributed by atoms with Crippen molar-refractivity contribution < 1.29 is 4.79 Å². The predicted octanol–water partition coefficient (Wildman–Crippen LogP) is 3.85. The Hall–Kier alpha value is -2.13. The summed E-state index contributed by atoms with van der Waals surface area (Å²) in [6, 6.07) is 18.3. The average molecular weight is 308 g/mol. The number of carbonyl (C=O) groups excluding carboxylic acids is 1. The van der Waals surface area contributed by atoms with Crippen LogP contribution in [0.5, 0.6) is 0 Å². The Bertz CT molecular complexity index is 654. The fraction of sp³-hybridized carbons (Fsp3) is 0.350. The monoisotopic (exact) mass is 308 g/mol. The second kappa shape index (κ2) is 7.42. The van der Waals surface area contributed by atoms with E-state index in [4.69, 9.17) is 0 Å². The van der Waals surface area contributed by atoms with E-state index in [1.54, 1.807) is 0 Å². The number of benzene rings is 2. The van der Waals surface area contributed by atoms with Crippen LogP contribution in [0.15, 0.2) is 54.6 Å². The van der Waals surface area contributed by atoms with Crippen LogP contribution < -0.4 is 5.32 Å². The maximum absolute atomic E-state index is 12.5. The van der Waals surface area contributed by atoms with Gasteiger partial charge in [0.15, 0.2) is 0 Å². The lowest BCUT2D eigenvalue weighted by Crippen LogP contribution is -2.40. The van der Waals surface area contributed by atoms with E-state index < -0.39 is 0 Å². The number of piperidine rings is 1. The van der Waals surface area contributed by atoms with Crippen LogP contribution in [-0.4, -0.2) is 23.9 Å². The van der Waals surface area contributed by atoms with E-state index >= 15 is 0 Å². The summed E-state index contributed by atoms with van der Waals surface area (Å²) >= 11 is 0. The molecule has 0 aromatic heterocycles. The molecule has 0 spiro atoms. The minimum absolute atomic E-state index is 0.0776. The molecular weight excluding hydrogens is 284 g/mol. The van der Waals surface area contributed by atoms with Gasteiger partial charge in [-0.3, -0.25) is 9.69 Å². The normalized spacial score (nSPS) is 18.6. The lowest BCUT2D eigenvalue weighted by atomic mass is 9.96. The summed E-state index contributed by atoms with van der Waals surface area (Å²) in [5.41, 5.74) is 3.50. The molecule has 1 aliphatic rings. The number of hydrogen-bond donors (Lipinski definition) is 1. The first kappa shape index (κ1) is 15.8. The SMILES string of the molecule is Cc1cccc(CN2CCCC(C(=O)Nc3ccccc3)C2)c1. The van der Waals surface area contributed by atoms with Gasteiger partial charge in [0.2, 0.25) is 5.91 Å². The topological polar surface area (TPSA) is 32.3 Å². The number of para-hydroxylation sites is 1. The summed E-state index contributed by atoms with van der Waals surface area (Å²) in [7, 11) is 0. The van der Waals surface area contributed by atoms with Gasteiger partial charge in [-0.2, -0.15) is 0 Å². The lowest BCUT2D eigenvalue weighted by Gasteiger charge is -2.32. The molecule has 0 aliphatic carbocycles. The van der Waals surface area contributed by atoms with E-state index in [1.165, 1.54) is 11.1 Å². The minimum Gasteiger partial charge on any atom is -0.326 e. The second-order valence-electron chi connectivity index (χ2n) is 6.42. The molecule has 2 aromatic carbocycles. The van der Waals surface area contributed by atoms with E-state index in [0.29, 0.717) is 0 Å². The van der Waals surface area contributed by atoms with Crippen LogP contribution in [0.2, 0.25) is 0 Å². The first-order valence-electron chi connectivity index (χ1n) is 8.34. The van der Waals surface area contributed by atoms with Gasteiger partial charge in [-0.1, -0.05) is 48.0 Å². The Balaban J connectivity index is 1.58. The van der Waals surface area contributed by atoms with Crippen LogP contribution in [0.25, 0.3) is 0 Å². The second-order valence-corrected chi connectivity index (χ2v) is 6.42. The van der Waals surface area contributed by atoms with Crippen molar-refractivity contribution in [3.8, 4) is 0 Å². The molecular formula is C20H24N2O. The van der Waals surface area contributed by atoms with Crippen molar-refractivity contribution in [3.05, 3.63) is 65.7 Å². The molecule has 3 nitrogen and oxygen atoms in total. The largest absolute Gasteiger partial charge is 0.326 e. The van der Waals surface area contributed by atoms with Crippen molar-refractivity contribution >= 4 is 11.6 Å². The molecule has 1 atom stereocenters. The van der Waals surface area contributed by atoms with Crippen LogP contribution >= 0.6 is 0 Å². The Morgan fingerprint density at radius 2 is 2.00 bits per heavy atom. The zero-order valence-electron chi connectivity index (χ0n) is 13.7. The first-order valence-corrected chi connectivity index (χ1v) is 8.34. The molecule has 23 heavy (non-hydrogen) atoms. The zero-order valence-corrected chi connectivity index (χ0v) is 13.7. The number of nitrogens with one attached hydrogen (secondary N) is 1. The van der Waals surface area contributed by atoms with Gasteiger partial charge in [0, 0.05) is 18.8 Å². The summed E-state index contributed by atoms with van der Waals surface area (Å²) < 4.78 is 0. The van der Waals surface area contributed by atoms with Gasteiger partial charge in [0.05, 0.1) is 5.92 Å². The van der Waals surface area contributed by atoms with Gasteiger partial charge in [-0.25, -0.2) is 0 Å². The Morgan fingerprint density at radius 3 is 2.78 bits per heavy atom. The van der Waals surface area contributed by atoms with E-state index in [2.05, 4.69) is 41.4 Å². The van der Waals surface area contributed by atoms with E-state index in [0.717, 1.165) is 38.2 Å². The number of aryl methyl sites for hydroxylation is 1. The number of anilines is 1. The zero-order chi connectivity index (χ0) is 16.1. The molecule has 0 saturated carbocycles. The molecule has 2 aromatic rings. The first-order chi connectivity index (χ1) is 11.2. The summed E-state index contributed by atoms with van der Waals surface area (Å²) in [4.78, 5) is 14.9. The number of hydrogen-bond acceptors (Lipinski definition) is 2. The average Bonchev–Trinajstić information content (AvgIpc) is 2.56. The Morgan fingerprint density at radius 1 is 1.17 bits per heavy atom. The van der Waals surface area contributed by atoms with Crippen molar-refractivity contribution in [1.82, 2.24) is 4.90 Å². The van der Waals surface area contributed by atoms with Crippen LogP contribution in [0.4, 0.5) is 5.69 Å². The van der Waals surface area contributed by atoms with Crippen molar-refractivity contribution in [2.75, 3.05) is 18.4 Å². The molecule has 1 heterocycles. The fourth-order valence-corrected chi connectivity index (χ4v) is 3.25. The molecule has 1 N–H and O–H groups in total. The van der Waals surface area contributed by atoms with Gasteiger partial charge < -0.3 is 5.32 Å². The van der Waals surface area contributed by atoms with Crippen molar-refractivity contribution in [2.24, 2.45) is 5.92 Å². The third kappa shape index (κ3) is 4.42. The maximum Gasteiger partial charge on any atom is 0.228 e. The molecule has 3 rings (SSSR count). The van der Waals surface area contributed by atoms with Crippen LogP contribution in [0.3, 0.4) is 0 Å². The molecule has 3 heteroatoms. The van der Waals surface area contributed by atoms with Gasteiger partial charge >= 0.3 is 0 Å². The highest BCUT2D eigenvalue weighted by Gasteiger charge is 2.25. The highest BCUT2D eigenvalue weighted by atomic mass is 16.1. The van der Waals surface area contributed by atoms with Crippen LogP contribution in [0.1, 0.15) is 24.0 Å². The third-order valence-electron chi connectivity index (χ3n) is 4.41. The molecule has 0 radical (unpaired) electrons. The van der Waals surface area contributed by atoms with Crippen molar-refractivity contribution in [3.63, 3.8) is 0 Å². The number of carbonyl (C=O) groups is 1. The summed E-state index contributed by atoms with van der Waals surface area (Å²) in [6.45, 7) is 4.96. The number of rotatable bonds is 4.